The second kappa shape index (κ2) is 8.48. The van der Waals surface area contributed by atoms with Crippen molar-refractivity contribution in [2.45, 2.75) is 12.8 Å². The lowest BCUT2D eigenvalue weighted by molar-refractivity contribution is -0.130. The van der Waals surface area contributed by atoms with Gasteiger partial charge >= 0.3 is 0 Å². The molecular formula is C14H21FN2O2. The molecule has 0 aliphatic heterocycles. The average molecular weight is 268 g/mol. The number of amides is 1. The first-order valence-corrected chi connectivity index (χ1v) is 6.41. The molecule has 0 heterocycles. The van der Waals surface area contributed by atoms with Crippen LogP contribution in [0, 0.1) is 5.82 Å². The van der Waals surface area contributed by atoms with Crippen LogP contribution in [0.3, 0.4) is 0 Å². The Balaban J connectivity index is 2.20. The molecule has 19 heavy (non-hydrogen) atoms. The highest BCUT2D eigenvalue weighted by Gasteiger charge is 2.08. The molecular weight excluding hydrogens is 247 g/mol. The summed E-state index contributed by atoms with van der Waals surface area (Å²) < 4.78 is 18.5. The molecule has 0 radical (unpaired) electrons. The number of halogens is 1. The number of likely N-dealkylation sites (N-methyl/N-ethyl adjacent to an activating group) is 2. The minimum atomic E-state index is -0.375. The van der Waals surface area contributed by atoms with E-state index >= 15 is 0 Å². The SMILES string of the molecule is CNCCN(C)C(=O)CCCOc1ccccc1F. The van der Waals surface area contributed by atoms with Crippen LogP contribution in [0.1, 0.15) is 12.8 Å². The van der Waals surface area contributed by atoms with Gasteiger partial charge in [0.15, 0.2) is 11.6 Å². The summed E-state index contributed by atoms with van der Waals surface area (Å²) in [4.78, 5) is 13.4. The molecule has 1 aromatic carbocycles. The number of hydrogen-bond donors (Lipinski definition) is 1. The average Bonchev–Trinajstić information content (AvgIpc) is 2.42. The molecule has 0 aliphatic rings. The third-order valence-electron chi connectivity index (χ3n) is 2.75. The van der Waals surface area contributed by atoms with Crippen LogP contribution >= 0.6 is 0 Å². The predicted octanol–water partition coefficient (Wildman–Crippen LogP) is 1.66. The van der Waals surface area contributed by atoms with E-state index in [1.54, 1.807) is 30.1 Å². The van der Waals surface area contributed by atoms with Gasteiger partial charge in [-0.1, -0.05) is 12.1 Å². The molecule has 1 amide bonds. The first-order chi connectivity index (χ1) is 9.15. The first-order valence-electron chi connectivity index (χ1n) is 6.41. The van der Waals surface area contributed by atoms with Crippen molar-refractivity contribution in [1.82, 2.24) is 10.2 Å². The third-order valence-corrected chi connectivity index (χ3v) is 2.75. The van der Waals surface area contributed by atoms with Crippen LogP contribution in [-0.2, 0) is 4.79 Å². The molecule has 4 nitrogen and oxygen atoms in total. The van der Waals surface area contributed by atoms with Gasteiger partial charge in [-0.25, -0.2) is 4.39 Å². The fourth-order valence-corrected chi connectivity index (χ4v) is 1.56. The maximum Gasteiger partial charge on any atom is 0.222 e. The van der Waals surface area contributed by atoms with E-state index in [4.69, 9.17) is 4.74 Å². The molecule has 5 heteroatoms. The zero-order chi connectivity index (χ0) is 14.1. The topological polar surface area (TPSA) is 41.6 Å². The van der Waals surface area contributed by atoms with Crippen molar-refractivity contribution < 1.29 is 13.9 Å². The normalized spacial score (nSPS) is 10.3. The molecule has 1 rings (SSSR count). The van der Waals surface area contributed by atoms with E-state index < -0.39 is 0 Å². The minimum absolute atomic E-state index is 0.0763. The molecule has 0 aliphatic carbocycles. The number of carbonyl (C=O) groups is 1. The van der Waals surface area contributed by atoms with Gasteiger partial charge in [-0.2, -0.15) is 0 Å². The number of hydrogen-bond acceptors (Lipinski definition) is 3. The van der Waals surface area contributed by atoms with Gasteiger partial charge in [-0.05, 0) is 25.6 Å². The Morgan fingerprint density at radius 2 is 2.16 bits per heavy atom. The van der Waals surface area contributed by atoms with E-state index in [-0.39, 0.29) is 17.5 Å². The summed E-state index contributed by atoms with van der Waals surface area (Å²) in [5.41, 5.74) is 0. The largest absolute Gasteiger partial charge is 0.491 e. The maximum absolute atomic E-state index is 13.2. The molecule has 1 N–H and O–H groups in total. The van der Waals surface area contributed by atoms with E-state index in [0.29, 0.717) is 26.0 Å². The van der Waals surface area contributed by atoms with Crippen molar-refractivity contribution in [2.24, 2.45) is 0 Å². The van der Waals surface area contributed by atoms with Crippen LogP contribution in [0.4, 0.5) is 4.39 Å². The Labute approximate surface area is 113 Å². The molecule has 0 atom stereocenters. The van der Waals surface area contributed by atoms with Gasteiger partial charge in [-0.3, -0.25) is 4.79 Å². The number of benzene rings is 1. The van der Waals surface area contributed by atoms with Crippen LogP contribution in [0.2, 0.25) is 0 Å². The van der Waals surface area contributed by atoms with E-state index in [1.807, 2.05) is 7.05 Å². The van der Waals surface area contributed by atoms with Gasteiger partial charge in [0.25, 0.3) is 0 Å². The van der Waals surface area contributed by atoms with Crippen molar-refractivity contribution in [2.75, 3.05) is 33.8 Å². The van der Waals surface area contributed by atoms with Gasteiger partial charge in [0.05, 0.1) is 6.61 Å². The number of ether oxygens (including phenoxy) is 1. The summed E-state index contributed by atoms with van der Waals surface area (Å²) in [6, 6.07) is 6.26. The summed E-state index contributed by atoms with van der Waals surface area (Å²) >= 11 is 0. The molecule has 0 saturated heterocycles. The van der Waals surface area contributed by atoms with Crippen LogP contribution in [-0.4, -0.2) is 44.6 Å². The molecule has 1 aromatic rings. The fourth-order valence-electron chi connectivity index (χ4n) is 1.56. The highest BCUT2D eigenvalue weighted by Crippen LogP contribution is 2.15. The lowest BCUT2D eigenvalue weighted by atomic mass is 10.3. The molecule has 0 fully saturated rings. The molecule has 0 spiro atoms. The van der Waals surface area contributed by atoms with Gasteiger partial charge in [0.1, 0.15) is 0 Å². The van der Waals surface area contributed by atoms with Crippen LogP contribution in [0.15, 0.2) is 24.3 Å². The van der Waals surface area contributed by atoms with Gasteiger partial charge in [-0.15, -0.1) is 0 Å². The van der Waals surface area contributed by atoms with Crippen molar-refractivity contribution >= 4 is 5.91 Å². The predicted molar refractivity (Wildman–Crippen MR) is 72.7 cm³/mol. The van der Waals surface area contributed by atoms with Crippen molar-refractivity contribution in [1.29, 1.82) is 0 Å². The third kappa shape index (κ3) is 5.70. The Hall–Kier alpha value is -1.62. The number of nitrogens with zero attached hydrogens (tertiary/aromatic N) is 1. The van der Waals surface area contributed by atoms with Crippen LogP contribution in [0.5, 0.6) is 5.75 Å². The quantitative estimate of drug-likeness (QED) is 0.729. The lowest BCUT2D eigenvalue weighted by Gasteiger charge is -2.16. The minimum Gasteiger partial charge on any atom is -0.491 e. The molecule has 106 valence electrons. The molecule has 0 bridgehead atoms. The summed E-state index contributed by atoms with van der Waals surface area (Å²) in [6.07, 6.45) is 0.992. The maximum atomic E-state index is 13.2. The molecule has 0 unspecified atom stereocenters. The highest BCUT2D eigenvalue weighted by atomic mass is 19.1. The Morgan fingerprint density at radius 3 is 2.84 bits per heavy atom. The lowest BCUT2D eigenvalue weighted by Crippen LogP contribution is -2.32. The Bertz CT molecular complexity index is 399. The van der Waals surface area contributed by atoms with E-state index in [9.17, 15) is 9.18 Å². The van der Waals surface area contributed by atoms with Crippen molar-refractivity contribution in [3.05, 3.63) is 30.1 Å². The first kappa shape index (κ1) is 15.4. The summed E-state index contributed by atoms with van der Waals surface area (Å²) in [5.74, 6) is -0.0640. The second-order valence-corrected chi connectivity index (χ2v) is 4.30. The van der Waals surface area contributed by atoms with Crippen LogP contribution < -0.4 is 10.1 Å². The van der Waals surface area contributed by atoms with Gasteiger partial charge < -0.3 is 15.0 Å². The number of nitrogens with one attached hydrogen (secondary N) is 1. The van der Waals surface area contributed by atoms with E-state index in [2.05, 4.69) is 5.32 Å². The van der Waals surface area contributed by atoms with E-state index in [1.165, 1.54) is 6.07 Å². The standard InChI is InChI=1S/C14H21FN2O2/c1-16-9-10-17(2)14(18)8-5-11-19-13-7-4-3-6-12(13)15/h3-4,6-7,16H,5,8-11H2,1-2H3. The fraction of sp³-hybridized carbons (Fsp3) is 0.500. The van der Waals surface area contributed by atoms with Crippen molar-refractivity contribution in [3.8, 4) is 5.75 Å². The van der Waals surface area contributed by atoms with Crippen LogP contribution in [0.25, 0.3) is 0 Å². The molecule has 0 saturated carbocycles. The summed E-state index contributed by atoms with van der Waals surface area (Å²) in [7, 11) is 3.62. The zero-order valence-electron chi connectivity index (χ0n) is 11.5. The summed E-state index contributed by atoms with van der Waals surface area (Å²) in [6.45, 7) is 1.80. The molecule has 0 aromatic heterocycles. The summed E-state index contributed by atoms with van der Waals surface area (Å²) in [5, 5.41) is 2.99. The monoisotopic (exact) mass is 268 g/mol. The van der Waals surface area contributed by atoms with Gasteiger partial charge in [0, 0.05) is 26.6 Å². The Kier molecular flexibility index (Phi) is 6.89. The van der Waals surface area contributed by atoms with E-state index in [0.717, 1.165) is 6.54 Å². The van der Waals surface area contributed by atoms with Crippen molar-refractivity contribution in [3.63, 3.8) is 0 Å². The van der Waals surface area contributed by atoms with Gasteiger partial charge in [0.2, 0.25) is 5.91 Å². The highest BCUT2D eigenvalue weighted by molar-refractivity contribution is 5.75. The number of rotatable bonds is 8. The number of carbonyl (C=O) groups excluding carboxylic acids is 1. The Morgan fingerprint density at radius 1 is 1.42 bits per heavy atom. The zero-order valence-corrected chi connectivity index (χ0v) is 11.5. The smallest absolute Gasteiger partial charge is 0.222 e. The number of para-hydroxylation sites is 1. The second-order valence-electron chi connectivity index (χ2n) is 4.30.